The summed E-state index contributed by atoms with van der Waals surface area (Å²) in [4.78, 5) is 35.4. The first-order valence-electron chi connectivity index (χ1n) is 8.04. The molecule has 0 aliphatic rings. The van der Waals surface area contributed by atoms with Crippen LogP contribution >= 0.6 is 0 Å². The van der Waals surface area contributed by atoms with Crippen LogP contribution in [0.15, 0.2) is 30.3 Å². The number of esters is 1. The maximum Gasteiger partial charge on any atom is 0.408 e. The monoisotopic (exact) mass is 351 g/mol. The summed E-state index contributed by atoms with van der Waals surface area (Å²) in [6, 6.07) is 8.06. The molecule has 7 heteroatoms. The summed E-state index contributed by atoms with van der Waals surface area (Å²) >= 11 is 0. The van der Waals surface area contributed by atoms with Crippen LogP contribution in [-0.4, -0.2) is 41.2 Å². The number of benzene rings is 1. The van der Waals surface area contributed by atoms with E-state index in [0.29, 0.717) is 0 Å². The Hall–Kier alpha value is -2.41. The first-order valence-corrected chi connectivity index (χ1v) is 8.04. The number of ether oxygens (including phenoxy) is 2. The normalized spacial score (nSPS) is 12.2. The lowest BCUT2D eigenvalue weighted by Gasteiger charge is -2.22. The summed E-state index contributed by atoms with van der Waals surface area (Å²) in [6.07, 6.45) is -0.811. The van der Waals surface area contributed by atoms with Gasteiger partial charge in [0.25, 0.3) is 0 Å². The van der Waals surface area contributed by atoms with Gasteiger partial charge >= 0.3 is 12.1 Å². The second kappa shape index (κ2) is 9.78. The fraction of sp³-hybridized carbons (Fsp3) is 0.500. The zero-order valence-electron chi connectivity index (χ0n) is 14.8. The SMILES string of the molecule is CC(C)(C)OC(=O)NC(CCC(=O)CO)C(=O)OCc1ccccc1. The Labute approximate surface area is 147 Å². The molecule has 25 heavy (non-hydrogen) atoms. The van der Waals surface area contributed by atoms with E-state index in [9.17, 15) is 14.4 Å². The molecule has 1 atom stereocenters. The van der Waals surface area contributed by atoms with Crippen molar-refractivity contribution in [2.24, 2.45) is 0 Å². The number of Topliss-reactive ketones (excluding diaryl/α,β-unsaturated/α-hetero) is 1. The first-order chi connectivity index (χ1) is 11.7. The fourth-order valence-corrected chi connectivity index (χ4v) is 1.91. The second-order valence-corrected chi connectivity index (χ2v) is 6.53. The van der Waals surface area contributed by atoms with Gasteiger partial charge in [-0.1, -0.05) is 30.3 Å². The van der Waals surface area contributed by atoms with Gasteiger partial charge in [0.05, 0.1) is 0 Å². The molecule has 138 valence electrons. The predicted octanol–water partition coefficient (Wildman–Crippen LogP) is 1.96. The molecule has 0 fully saturated rings. The number of amides is 1. The van der Waals surface area contributed by atoms with E-state index >= 15 is 0 Å². The van der Waals surface area contributed by atoms with Crippen LogP contribution in [0.1, 0.15) is 39.2 Å². The summed E-state index contributed by atoms with van der Waals surface area (Å²) < 4.78 is 10.3. The lowest BCUT2D eigenvalue weighted by atomic mass is 10.1. The van der Waals surface area contributed by atoms with Crippen molar-refractivity contribution in [2.45, 2.75) is 51.9 Å². The molecule has 2 N–H and O–H groups in total. The number of aliphatic hydroxyl groups excluding tert-OH is 1. The fourth-order valence-electron chi connectivity index (χ4n) is 1.91. The quantitative estimate of drug-likeness (QED) is 0.694. The topological polar surface area (TPSA) is 102 Å². The zero-order valence-corrected chi connectivity index (χ0v) is 14.8. The number of rotatable bonds is 8. The van der Waals surface area contributed by atoms with E-state index < -0.39 is 36.1 Å². The third-order valence-electron chi connectivity index (χ3n) is 3.09. The van der Waals surface area contributed by atoms with Gasteiger partial charge in [0.2, 0.25) is 0 Å². The first kappa shape index (κ1) is 20.6. The molecule has 1 amide bonds. The smallest absolute Gasteiger partial charge is 0.408 e. The maximum atomic E-state index is 12.3. The Morgan fingerprint density at radius 1 is 1.16 bits per heavy atom. The lowest BCUT2D eigenvalue weighted by molar-refractivity contribution is -0.147. The Kier molecular flexibility index (Phi) is 8.07. The molecule has 1 rings (SSSR count). The number of hydrogen-bond donors (Lipinski definition) is 2. The number of carbonyl (C=O) groups excluding carboxylic acids is 3. The van der Waals surface area contributed by atoms with Crippen LogP contribution in [0.3, 0.4) is 0 Å². The van der Waals surface area contributed by atoms with Gasteiger partial charge in [0.1, 0.15) is 24.9 Å². The van der Waals surface area contributed by atoms with Crippen molar-refractivity contribution < 1.29 is 29.0 Å². The second-order valence-electron chi connectivity index (χ2n) is 6.53. The minimum atomic E-state index is -1.03. The third-order valence-corrected chi connectivity index (χ3v) is 3.09. The number of carbonyl (C=O) groups is 3. The van der Waals surface area contributed by atoms with Gasteiger partial charge in [-0.25, -0.2) is 9.59 Å². The van der Waals surface area contributed by atoms with Crippen LogP contribution in [0.25, 0.3) is 0 Å². The molecule has 1 unspecified atom stereocenters. The Morgan fingerprint density at radius 3 is 2.36 bits per heavy atom. The van der Waals surface area contributed by atoms with E-state index in [2.05, 4.69) is 5.32 Å². The van der Waals surface area contributed by atoms with E-state index in [1.807, 2.05) is 18.2 Å². The summed E-state index contributed by atoms with van der Waals surface area (Å²) in [7, 11) is 0. The van der Waals surface area contributed by atoms with E-state index in [4.69, 9.17) is 14.6 Å². The van der Waals surface area contributed by atoms with Crippen molar-refractivity contribution in [1.29, 1.82) is 0 Å². The van der Waals surface area contributed by atoms with E-state index in [1.165, 1.54) is 0 Å². The van der Waals surface area contributed by atoms with Crippen LogP contribution in [0.5, 0.6) is 0 Å². The highest BCUT2D eigenvalue weighted by Crippen LogP contribution is 2.09. The van der Waals surface area contributed by atoms with Crippen LogP contribution in [0.2, 0.25) is 0 Å². The van der Waals surface area contributed by atoms with Crippen molar-refractivity contribution in [3.8, 4) is 0 Å². The molecule has 0 aromatic heterocycles. The number of ketones is 1. The van der Waals surface area contributed by atoms with Crippen LogP contribution in [0.4, 0.5) is 4.79 Å². The van der Waals surface area contributed by atoms with Crippen molar-refractivity contribution >= 4 is 17.8 Å². The predicted molar refractivity (Wildman–Crippen MR) is 90.7 cm³/mol. The molecular formula is C18H25NO6. The molecular weight excluding hydrogens is 326 g/mol. The number of nitrogens with one attached hydrogen (secondary N) is 1. The van der Waals surface area contributed by atoms with Gasteiger partial charge in [-0.15, -0.1) is 0 Å². The van der Waals surface area contributed by atoms with Crippen molar-refractivity contribution in [3.05, 3.63) is 35.9 Å². The molecule has 0 aliphatic heterocycles. The number of aliphatic hydroxyl groups is 1. The molecule has 0 radical (unpaired) electrons. The lowest BCUT2D eigenvalue weighted by Crippen LogP contribution is -2.44. The van der Waals surface area contributed by atoms with Crippen LogP contribution in [0, 0.1) is 0 Å². The molecule has 0 saturated carbocycles. The van der Waals surface area contributed by atoms with Gasteiger partial charge in [-0.05, 0) is 32.8 Å². The molecule has 0 bridgehead atoms. The molecule has 7 nitrogen and oxygen atoms in total. The van der Waals surface area contributed by atoms with Gasteiger partial charge in [0.15, 0.2) is 5.78 Å². The Morgan fingerprint density at radius 2 is 1.80 bits per heavy atom. The van der Waals surface area contributed by atoms with E-state index in [1.54, 1.807) is 32.9 Å². The van der Waals surface area contributed by atoms with Gasteiger partial charge in [-0.2, -0.15) is 0 Å². The highest BCUT2D eigenvalue weighted by molar-refractivity contribution is 5.83. The summed E-state index contributed by atoms with van der Waals surface area (Å²) in [6.45, 7) is 4.54. The summed E-state index contributed by atoms with van der Waals surface area (Å²) in [5, 5.41) is 11.2. The molecule has 0 spiro atoms. The third kappa shape index (κ3) is 8.85. The number of alkyl carbamates (subject to hydrolysis) is 1. The maximum absolute atomic E-state index is 12.3. The largest absolute Gasteiger partial charge is 0.459 e. The van der Waals surface area contributed by atoms with Gasteiger partial charge in [0, 0.05) is 6.42 Å². The average Bonchev–Trinajstić information content (AvgIpc) is 2.55. The molecule has 0 saturated heterocycles. The van der Waals surface area contributed by atoms with Crippen LogP contribution in [-0.2, 0) is 25.7 Å². The minimum Gasteiger partial charge on any atom is -0.459 e. The van der Waals surface area contributed by atoms with Crippen molar-refractivity contribution in [3.63, 3.8) is 0 Å². The zero-order chi connectivity index (χ0) is 18.9. The number of hydrogen-bond acceptors (Lipinski definition) is 6. The van der Waals surface area contributed by atoms with E-state index in [-0.39, 0.29) is 19.4 Å². The molecule has 0 heterocycles. The Bertz CT molecular complexity index is 579. The Balaban J connectivity index is 2.66. The summed E-state index contributed by atoms with van der Waals surface area (Å²) in [5.41, 5.74) is 0.0852. The van der Waals surface area contributed by atoms with Gasteiger partial charge < -0.3 is 19.9 Å². The summed E-state index contributed by atoms with van der Waals surface area (Å²) in [5.74, 6) is -1.09. The molecule has 0 aliphatic carbocycles. The molecule has 1 aromatic rings. The van der Waals surface area contributed by atoms with Crippen molar-refractivity contribution in [2.75, 3.05) is 6.61 Å². The van der Waals surface area contributed by atoms with Crippen molar-refractivity contribution in [1.82, 2.24) is 5.32 Å². The highest BCUT2D eigenvalue weighted by Gasteiger charge is 2.26. The van der Waals surface area contributed by atoms with E-state index in [0.717, 1.165) is 5.56 Å². The minimum absolute atomic E-state index is 0.0201. The highest BCUT2D eigenvalue weighted by atomic mass is 16.6. The standard InChI is InChI=1S/C18H25NO6/c1-18(2,3)25-17(23)19-15(10-9-14(21)11-20)16(22)24-12-13-7-5-4-6-8-13/h4-8,15,20H,9-12H2,1-3H3,(H,19,23). The average molecular weight is 351 g/mol. The van der Waals surface area contributed by atoms with Crippen LogP contribution < -0.4 is 5.32 Å². The van der Waals surface area contributed by atoms with Gasteiger partial charge in [-0.3, -0.25) is 4.79 Å². The molecule has 1 aromatic carbocycles.